The van der Waals surface area contributed by atoms with Crippen LogP contribution in [0.15, 0.2) is 24.3 Å². The lowest BCUT2D eigenvalue weighted by molar-refractivity contribution is 0.0238. The zero-order valence-corrected chi connectivity index (χ0v) is 13.3. The molecular formula is C18H23N3O2. The highest BCUT2D eigenvalue weighted by Gasteiger charge is 2.27. The maximum absolute atomic E-state index is 12.4. The van der Waals surface area contributed by atoms with Crippen LogP contribution in [0, 0.1) is 11.3 Å². The number of carbonyl (C=O) groups excluding carboxylic acids is 1. The lowest BCUT2D eigenvalue weighted by atomic mass is 9.99. The highest BCUT2D eigenvalue weighted by molar-refractivity contribution is 5.96. The van der Waals surface area contributed by atoms with Gasteiger partial charge in [0.1, 0.15) is 0 Å². The molecule has 1 N–H and O–H groups in total. The number of nitriles is 1. The van der Waals surface area contributed by atoms with E-state index < -0.39 is 0 Å². The van der Waals surface area contributed by atoms with Crippen LogP contribution in [0.4, 0.5) is 0 Å². The Kier molecular flexibility index (Phi) is 5.27. The Balaban J connectivity index is 1.52. The molecule has 0 saturated carbocycles. The number of nitrogens with one attached hydrogen (secondary N) is 1. The van der Waals surface area contributed by atoms with Gasteiger partial charge in [-0.15, -0.1) is 0 Å². The van der Waals surface area contributed by atoms with Crippen LogP contribution in [-0.4, -0.2) is 49.2 Å². The summed E-state index contributed by atoms with van der Waals surface area (Å²) < 4.78 is 5.43. The summed E-state index contributed by atoms with van der Waals surface area (Å²) in [7, 11) is 0. The van der Waals surface area contributed by atoms with Gasteiger partial charge in [0.05, 0.1) is 17.2 Å². The van der Waals surface area contributed by atoms with Crippen LogP contribution in [0.3, 0.4) is 0 Å². The van der Waals surface area contributed by atoms with E-state index in [-0.39, 0.29) is 11.9 Å². The van der Waals surface area contributed by atoms with Crippen molar-refractivity contribution in [1.82, 2.24) is 10.2 Å². The van der Waals surface area contributed by atoms with Gasteiger partial charge in [-0.05, 0) is 37.8 Å². The quantitative estimate of drug-likeness (QED) is 0.926. The number of nitrogens with zero attached hydrogens (tertiary/aromatic N) is 2. The maximum Gasteiger partial charge on any atom is 0.252 e. The largest absolute Gasteiger partial charge is 0.381 e. The number of piperidine rings is 1. The van der Waals surface area contributed by atoms with Crippen LogP contribution in [-0.2, 0) is 4.74 Å². The lowest BCUT2D eigenvalue weighted by Gasteiger charge is -2.39. The van der Waals surface area contributed by atoms with Gasteiger partial charge in [-0.3, -0.25) is 4.79 Å². The Bertz CT molecular complexity index is 582. The van der Waals surface area contributed by atoms with Crippen LogP contribution in [0.5, 0.6) is 0 Å². The van der Waals surface area contributed by atoms with Gasteiger partial charge in [0, 0.05) is 38.4 Å². The van der Waals surface area contributed by atoms with Crippen molar-refractivity contribution in [3.8, 4) is 6.07 Å². The zero-order valence-electron chi connectivity index (χ0n) is 13.3. The Morgan fingerprint density at radius 2 is 1.87 bits per heavy atom. The van der Waals surface area contributed by atoms with Crippen molar-refractivity contribution >= 4 is 5.91 Å². The average molecular weight is 313 g/mol. The third-order valence-corrected chi connectivity index (χ3v) is 4.86. The summed E-state index contributed by atoms with van der Waals surface area (Å²) in [6, 6.07) is 9.89. The molecule has 0 bridgehead atoms. The second-order valence-corrected chi connectivity index (χ2v) is 6.28. The lowest BCUT2D eigenvalue weighted by Crippen LogP contribution is -2.49. The second kappa shape index (κ2) is 7.58. The van der Waals surface area contributed by atoms with E-state index in [9.17, 15) is 4.79 Å². The van der Waals surface area contributed by atoms with Crippen molar-refractivity contribution in [2.24, 2.45) is 0 Å². The summed E-state index contributed by atoms with van der Waals surface area (Å²) >= 11 is 0. The minimum absolute atomic E-state index is 0.133. The molecule has 2 aliphatic heterocycles. The van der Waals surface area contributed by atoms with E-state index in [2.05, 4.69) is 16.3 Å². The fourth-order valence-electron chi connectivity index (χ4n) is 3.50. The van der Waals surface area contributed by atoms with E-state index in [0.717, 1.165) is 52.0 Å². The van der Waals surface area contributed by atoms with Crippen LogP contribution in [0.2, 0.25) is 0 Å². The normalized spacial score (nSPS) is 20.8. The zero-order chi connectivity index (χ0) is 16.1. The predicted molar refractivity (Wildman–Crippen MR) is 87.1 cm³/mol. The molecule has 0 atom stereocenters. The molecule has 2 saturated heterocycles. The van der Waals surface area contributed by atoms with E-state index in [4.69, 9.17) is 10.00 Å². The number of hydrogen-bond acceptors (Lipinski definition) is 4. The van der Waals surface area contributed by atoms with Gasteiger partial charge in [-0.2, -0.15) is 5.26 Å². The van der Waals surface area contributed by atoms with Crippen molar-refractivity contribution in [2.45, 2.75) is 37.8 Å². The highest BCUT2D eigenvalue weighted by Crippen LogP contribution is 2.20. The monoisotopic (exact) mass is 313 g/mol. The Labute approximate surface area is 137 Å². The number of amides is 1. The van der Waals surface area contributed by atoms with Gasteiger partial charge in [0.25, 0.3) is 5.91 Å². The number of carbonyl (C=O) groups is 1. The number of rotatable bonds is 3. The Morgan fingerprint density at radius 1 is 1.17 bits per heavy atom. The first kappa shape index (κ1) is 16.0. The molecule has 1 amide bonds. The summed E-state index contributed by atoms with van der Waals surface area (Å²) in [4.78, 5) is 14.9. The fourth-order valence-corrected chi connectivity index (χ4v) is 3.50. The molecule has 5 heteroatoms. The number of benzene rings is 1. The first-order chi connectivity index (χ1) is 11.3. The second-order valence-electron chi connectivity index (χ2n) is 6.28. The van der Waals surface area contributed by atoms with Crippen molar-refractivity contribution < 1.29 is 9.53 Å². The van der Waals surface area contributed by atoms with Gasteiger partial charge >= 0.3 is 0 Å². The van der Waals surface area contributed by atoms with Crippen molar-refractivity contribution in [3.05, 3.63) is 35.4 Å². The van der Waals surface area contributed by atoms with Gasteiger partial charge < -0.3 is 15.0 Å². The van der Waals surface area contributed by atoms with E-state index in [1.807, 2.05) is 0 Å². The topological polar surface area (TPSA) is 65.4 Å². The highest BCUT2D eigenvalue weighted by atomic mass is 16.5. The molecule has 0 radical (unpaired) electrons. The SMILES string of the molecule is N#Cc1ccccc1C(=O)NC1CCN(C2CCOCC2)CC1. The van der Waals surface area contributed by atoms with Crippen LogP contribution >= 0.6 is 0 Å². The molecule has 0 spiro atoms. The molecule has 2 heterocycles. The van der Waals surface area contributed by atoms with Gasteiger partial charge in [0.15, 0.2) is 0 Å². The summed E-state index contributed by atoms with van der Waals surface area (Å²) in [5.74, 6) is -0.133. The van der Waals surface area contributed by atoms with Crippen LogP contribution in [0.1, 0.15) is 41.6 Å². The molecule has 122 valence electrons. The average Bonchev–Trinajstić information content (AvgIpc) is 2.63. The third kappa shape index (κ3) is 3.90. The van der Waals surface area contributed by atoms with Gasteiger partial charge in [-0.25, -0.2) is 0 Å². The maximum atomic E-state index is 12.4. The minimum Gasteiger partial charge on any atom is -0.381 e. The number of ether oxygens (including phenoxy) is 1. The molecule has 0 unspecified atom stereocenters. The van der Waals surface area contributed by atoms with Gasteiger partial charge in [-0.1, -0.05) is 12.1 Å². The van der Waals surface area contributed by atoms with Crippen LogP contribution < -0.4 is 5.32 Å². The first-order valence-electron chi connectivity index (χ1n) is 8.39. The fraction of sp³-hybridized carbons (Fsp3) is 0.556. The third-order valence-electron chi connectivity index (χ3n) is 4.86. The predicted octanol–water partition coefficient (Wildman–Crippen LogP) is 1.93. The molecular weight excluding hydrogens is 290 g/mol. The van der Waals surface area contributed by atoms with Crippen molar-refractivity contribution in [3.63, 3.8) is 0 Å². The molecule has 0 aliphatic carbocycles. The number of hydrogen-bond donors (Lipinski definition) is 1. The summed E-state index contributed by atoms with van der Waals surface area (Å²) in [6.45, 7) is 3.78. The Morgan fingerprint density at radius 3 is 2.57 bits per heavy atom. The van der Waals surface area contributed by atoms with Crippen LogP contribution in [0.25, 0.3) is 0 Å². The van der Waals surface area contributed by atoms with E-state index in [1.54, 1.807) is 24.3 Å². The van der Waals surface area contributed by atoms with Gasteiger partial charge in [0.2, 0.25) is 0 Å². The molecule has 3 rings (SSSR count). The number of likely N-dealkylation sites (tertiary alicyclic amines) is 1. The molecule has 1 aromatic carbocycles. The minimum atomic E-state index is -0.133. The van der Waals surface area contributed by atoms with Crippen molar-refractivity contribution in [2.75, 3.05) is 26.3 Å². The molecule has 0 aromatic heterocycles. The molecule has 1 aromatic rings. The summed E-state index contributed by atoms with van der Waals surface area (Å²) in [5, 5.41) is 12.2. The van der Waals surface area contributed by atoms with E-state index in [1.165, 1.54) is 0 Å². The first-order valence-corrected chi connectivity index (χ1v) is 8.39. The Hall–Kier alpha value is -1.90. The standard InChI is InChI=1S/C18H23N3O2/c19-13-14-3-1-2-4-17(14)18(22)20-15-5-9-21(10-6-15)16-7-11-23-12-8-16/h1-4,15-16H,5-12H2,(H,20,22). The van der Waals surface area contributed by atoms with E-state index in [0.29, 0.717) is 17.2 Å². The summed E-state index contributed by atoms with van der Waals surface area (Å²) in [6.07, 6.45) is 4.18. The summed E-state index contributed by atoms with van der Waals surface area (Å²) in [5.41, 5.74) is 0.909. The molecule has 2 fully saturated rings. The van der Waals surface area contributed by atoms with Crippen molar-refractivity contribution in [1.29, 1.82) is 5.26 Å². The molecule has 2 aliphatic rings. The molecule has 5 nitrogen and oxygen atoms in total. The van der Waals surface area contributed by atoms with E-state index >= 15 is 0 Å². The smallest absolute Gasteiger partial charge is 0.252 e. The molecule has 23 heavy (non-hydrogen) atoms.